The molecule has 0 aliphatic heterocycles. The van der Waals surface area contributed by atoms with E-state index in [0.717, 1.165) is 16.3 Å². The summed E-state index contributed by atoms with van der Waals surface area (Å²) in [6.07, 6.45) is 1.72. The summed E-state index contributed by atoms with van der Waals surface area (Å²) in [5.74, 6) is 0. The average molecular weight is 183 g/mol. The molecule has 0 fully saturated rings. The number of hydrogen-bond donors (Lipinski definition) is 2. The monoisotopic (exact) mass is 183 g/mol. The van der Waals surface area contributed by atoms with Gasteiger partial charge in [-0.1, -0.05) is 0 Å². The number of fused-ring (bicyclic) bond motifs is 1. The van der Waals surface area contributed by atoms with Gasteiger partial charge in [0.15, 0.2) is 10.8 Å². The molecule has 1 N–H and O–H groups in total. The average Bonchev–Trinajstić information content (AvgIpc) is 2.46. The summed E-state index contributed by atoms with van der Waals surface area (Å²) in [7, 11) is 1.28. The highest BCUT2D eigenvalue weighted by Crippen LogP contribution is 2.19. The lowest BCUT2D eigenvalue weighted by Crippen LogP contribution is -1.71. The molecule has 56 valence electrons. The Hall–Kier alpha value is -0.680. The number of rotatable bonds is 1. The van der Waals surface area contributed by atoms with E-state index in [0.29, 0.717) is 0 Å². The topological polar surface area (TPSA) is 41.6 Å². The number of thiol groups is 1. The van der Waals surface area contributed by atoms with Crippen LogP contribution in [0.1, 0.15) is 0 Å². The van der Waals surface area contributed by atoms with Gasteiger partial charge in [-0.3, -0.25) is 0 Å². The first-order chi connectivity index (χ1) is 5.40. The van der Waals surface area contributed by atoms with Gasteiger partial charge in [-0.2, -0.15) is 0 Å². The molecule has 5 heteroatoms. The fraction of sp³-hybridized carbons (Fsp3) is 0. The van der Waals surface area contributed by atoms with Crippen LogP contribution in [-0.4, -0.2) is 15.0 Å². The first-order valence-corrected chi connectivity index (χ1v) is 4.89. The minimum Gasteiger partial charge on any atom is -0.331 e. The minimum atomic E-state index is 0.740. The fourth-order valence-electron chi connectivity index (χ4n) is 0.866. The summed E-state index contributed by atoms with van der Waals surface area (Å²) in [5.41, 5.74) is 1.69. The summed E-state index contributed by atoms with van der Waals surface area (Å²) < 4.78 is 0. The van der Waals surface area contributed by atoms with Gasteiger partial charge in [0.2, 0.25) is 0 Å². The van der Waals surface area contributed by atoms with Crippen LogP contribution < -0.4 is 0 Å². The van der Waals surface area contributed by atoms with E-state index < -0.39 is 0 Å². The van der Waals surface area contributed by atoms with Crippen molar-refractivity contribution in [2.75, 3.05) is 0 Å². The van der Waals surface area contributed by atoms with Crippen LogP contribution in [0, 0.1) is 0 Å². The van der Waals surface area contributed by atoms with Gasteiger partial charge in [-0.15, -0.1) is 11.7 Å². The van der Waals surface area contributed by atoms with Gasteiger partial charge in [-0.25, -0.2) is 9.97 Å². The van der Waals surface area contributed by atoms with Crippen LogP contribution >= 0.6 is 22.5 Å². The highest BCUT2D eigenvalue weighted by atomic mass is 33.1. The summed E-state index contributed by atoms with van der Waals surface area (Å²) in [6, 6.07) is 3.80. The second kappa shape index (κ2) is 2.75. The summed E-state index contributed by atoms with van der Waals surface area (Å²) in [4.78, 5) is 11.3. The van der Waals surface area contributed by atoms with E-state index >= 15 is 0 Å². The Bertz CT molecular complexity index is 338. The van der Waals surface area contributed by atoms with Gasteiger partial charge in [0, 0.05) is 6.20 Å². The zero-order valence-corrected chi connectivity index (χ0v) is 7.19. The molecule has 2 aromatic heterocycles. The second-order valence-electron chi connectivity index (χ2n) is 2.01. The number of imidazole rings is 1. The molecule has 0 bridgehead atoms. The Labute approximate surface area is 72.4 Å². The molecule has 2 rings (SSSR count). The van der Waals surface area contributed by atoms with Crippen LogP contribution in [0.25, 0.3) is 11.2 Å². The SMILES string of the molecule is SSc1nc2ncccc2[nH]1. The molecular formula is C6H5N3S2. The molecule has 0 amide bonds. The molecule has 0 saturated heterocycles. The lowest BCUT2D eigenvalue weighted by Gasteiger charge is -1.81. The van der Waals surface area contributed by atoms with Crippen molar-refractivity contribution in [3.63, 3.8) is 0 Å². The molecule has 0 unspecified atom stereocenters. The Kier molecular flexibility index (Phi) is 1.75. The third-order valence-electron chi connectivity index (χ3n) is 1.32. The van der Waals surface area contributed by atoms with Gasteiger partial charge in [0.1, 0.15) is 0 Å². The second-order valence-corrected chi connectivity index (χ2v) is 3.12. The molecule has 0 radical (unpaired) electrons. The zero-order chi connectivity index (χ0) is 7.68. The number of aromatic nitrogens is 3. The normalized spacial score (nSPS) is 10.6. The summed E-state index contributed by atoms with van der Waals surface area (Å²) in [5, 5.41) is 0.780. The Morgan fingerprint density at radius 1 is 1.55 bits per heavy atom. The van der Waals surface area contributed by atoms with E-state index in [-0.39, 0.29) is 0 Å². The molecule has 2 aromatic rings. The van der Waals surface area contributed by atoms with E-state index in [4.69, 9.17) is 0 Å². The summed E-state index contributed by atoms with van der Waals surface area (Å²) in [6.45, 7) is 0. The maximum Gasteiger partial charge on any atom is 0.178 e. The van der Waals surface area contributed by atoms with Gasteiger partial charge < -0.3 is 4.98 Å². The van der Waals surface area contributed by atoms with Gasteiger partial charge >= 0.3 is 0 Å². The largest absolute Gasteiger partial charge is 0.331 e. The van der Waals surface area contributed by atoms with Crippen LogP contribution in [-0.2, 0) is 0 Å². The quantitative estimate of drug-likeness (QED) is 0.524. The molecule has 11 heavy (non-hydrogen) atoms. The number of nitrogens with zero attached hydrogens (tertiary/aromatic N) is 2. The molecule has 0 aliphatic rings. The minimum absolute atomic E-state index is 0.740. The van der Waals surface area contributed by atoms with Gasteiger partial charge in [-0.05, 0) is 22.9 Å². The first kappa shape index (κ1) is 7.00. The third-order valence-corrected chi connectivity index (χ3v) is 2.21. The molecule has 3 nitrogen and oxygen atoms in total. The van der Waals surface area contributed by atoms with E-state index in [9.17, 15) is 0 Å². The number of H-pyrrole nitrogens is 1. The van der Waals surface area contributed by atoms with Crippen molar-refractivity contribution in [3.05, 3.63) is 18.3 Å². The number of hydrogen-bond acceptors (Lipinski definition) is 4. The highest BCUT2D eigenvalue weighted by molar-refractivity contribution is 8.68. The van der Waals surface area contributed by atoms with Gasteiger partial charge in [0.25, 0.3) is 0 Å². The number of nitrogens with one attached hydrogen (secondary N) is 1. The Balaban J connectivity index is 2.69. The Morgan fingerprint density at radius 2 is 2.45 bits per heavy atom. The molecule has 0 atom stereocenters. The predicted molar refractivity (Wildman–Crippen MR) is 48.7 cm³/mol. The van der Waals surface area contributed by atoms with E-state index in [2.05, 4.69) is 26.6 Å². The smallest absolute Gasteiger partial charge is 0.178 e. The van der Waals surface area contributed by atoms with E-state index in [1.165, 1.54) is 10.8 Å². The third kappa shape index (κ3) is 1.21. The lowest BCUT2D eigenvalue weighted by molar-refractivity contribution is 1.08. The molecule has 0 saturated carbocycles. The van der Waals surface area contributed by atoms with Crippen LogP contribution in [0.2, 0.25) is 0 Å². The van der Waals surface area contributed by atoms with Crippen LogP contribution in [0.3, 0.4) is 0 Å². The molecule has 0 spiro atoms. The lowest BCUT2D eigenvalue weighted by atomic mass is 10.4. The number of aromatic amines is 1. The van der Waals surface area contributed by atoms with Crippen LogP contribution in [0.15, 0.2) is 23.5 Å². The van der Waals surface area contributed by atoms with Crippen LogP contribution in [0.4, 0.5) is 0 Å². The van der Waals surface area contributed by atoms with E-state index in [1.54, 1.807) is 6.20 Å². The predicted octanol–water partition coefficient (Wildman–Crippen LogP) is 1.89. The molecule has 2 heterocycles. The number of pyridine rings is 1. The summed E-state index contributed by atoms with van der Waals surface area (Å²) >= 11 is 4.02. The van der Waals surface area contributed by atoms with Crippen molar-refractivity contribution in [3.8, 4) is 0 Å². The van der Waals surface area contributed by atoms with Crippen molar-refractivity contribution in [2.45, 2.75) is 5.16 Å². The molecule has 0 aliphatic carbocycles. The highest BCUT2D eigenvalue weighted by Gasteiger charge is 1.99. The van der Waals surface area contributed by atoms with Crippen molar-refractivity contribution in [1.82, 2.24) is 15.0 Å². The molecule has 0 aromatic carbocycles. The standard InChI is InChI=1S/C6H5N3S2/c10-11-6-8-4-2-1-3-7-5(4)9-6/h1-3,10H,(H,7,8,9). The fourth-order valence-corrected chi connectivity index (χ4v) is 1.41. The van der Waals surface area contributed by atoms with Crippen LogP contribution in [0.5, 0.6) is 0 Å². The van der Waals surface area contributed by atoms with Crippen molar-refractivity contribution in [2.24, 2.45) is 0 Å². The maximum absolute atomic E-state index is 4.15. The van der Waals surface area contributed by atoms with Gasteiger partial charge in [0.05, 0.1) is 5.52 Å². The maximum atomic E-state index is 4.15. The van der Waals surface area contributed by atoms with Crippen molar-refractivity contribution >= 4 is 33.6 Å². The van der Waals surface area contributed by atoms with E-state index in [1.807, 2.05) is 12.1 Å². The van der Waals surface area contributed by atoms with Crippen molar-refractivity contribution < 1.29 is 0 Å². The first-order valence-electron chi connectivity index (χ1n) is 3.02. The van der Waals surface area contributed by atoms with Crippen molar-refractivity contribution in [1.29, 1.82) is 0 Å². The molecular weight excluding hydrogens is 178 g/mol. The Morgan fingerprint density at radius 3 is 3.18 bits per heavy atom. The zero-order valence-electron chi connectivity index (χ0n) is 5.48.